The van der Waals surface area contributed by atoms with Crippen LogP contribution >= 0.6 is 0 Å². The smallest absolute Gasteiger partial charge is 0.129 e. The van der Waals surface area contributed by atoms with E-state index in [1.807, 2.05) is 6.07 Å². The molecule has 1 heterocycles. The van der Waals surface area contributed by atoms with E-state index in [0.29, 0.717) is 23.7 Å². The Balaban J connectivity index is 1.94. The number of nitrogens with zero attached hydrogens (tertiary/aromatic N) is 1. The van der Waals surface area contributed by atoms with Crippen molar-refractivity contribution < 1.29 is 9.13 Å². The summed E-state index contributed by atoms with van der Waals surface area (Å²) in [4.78, 5) is 0. The summed E-state index contributed by atoms with van der Waals surface area (Å²) in [7, 11) is 0. The van der Waals surface area contributed by atoms with Crippen LogP contribution in [0.2, 0.25) is 0 Å². The van der Waals surface area contributed by atoms with E-state index in [4.69, 9.17) is 10.00 Å². The zero-order valence-corrected chi connectivity index (χ0v) is 11.4. The van der Waals surface area contributed by atoms with Gasteiger partial charge in [0.2, 0.25) is 0 Å². The molecule has 1 saturated heterocycles. The second-order valence-electron chi connectivity index (χ2n) is 5.60. The summed E-state index contributed by atoms with van der Waals surface area (Å²) in [6.45, 7) is 5.37. The van der Waals surface area contributed by atoms with E-state index in [9.17, 15) is 4.39 Å². The van der Waals surface area contributed by atoms with Crippen LogP contribution in [-0.4, -0.2) is 18.2 Å². The summed E-state index contributed by atoms with van der Waals surface area (Å²) in [5, 5.41) is 12.1. The molecule has 4 heteroatoms. The maximum Gasteiger partial charge on any atom is 0.129 e. The average molecular weight is 262 g/mol. The quantitative estimate of drug-likeness (QED) is 0.911. The van der Waals surface area contributed by atoms with Crippen LogP contribution in [0.4, 0.5) is 4.39 Å². The fraction of sp³-hybridized carbons (Fsp3) is 0.533. The molecule has 1 atom stereocenters. The van der Waals surface area contributed by atoms with Gasteiger partial charge in [0.25, 0.3) is 0 Å². The van der Waals surface area contributed by atoms with Crippen LogP contribution in [0.3, 0.4) is 0 Å². The maximum absolute atomic E-state index is 13.7. The molecule has 1 unspecified atom stereocenters. The minimum atomic E-state index is -0.321. The van der Waals surface area contributed by atoms with Crippen molar-refractivity contribution >= 4 is 0 Å². The highest BCUT2D eigenvalue weighted by Crippen LogP contribution is 2.24. The summed E-state index contributed by atoms with van der Waals surface area (Å²) >= 11 is 0. The molecule has 0 aromatic heterocycles. The van der Waals surface area contributed by atoms with Crippen LogP contribution < -0.4 is 5.32 Å². The Morgan fingerprint density at radius 2 is 2.32 bits per heavy atom. The van der Waals surface area contributed by atoms with Crippen molar-refractivity contribution in [3.8, 4) is 6.07 Å². The largest absolute Gasteiger partial charge is 0.375 e. The van der Waals surface area contributed by atoms with Crippen molar-refractivity contribution in [2.45, 2.75) is 44.9 Å². The van der Waals surface area contributed by atoms with E-state index < -0.39 is 0 Å². The van der Waals surface area contributed by atoms with Crippen LogP contribution in [0.25, 0.3) is 0 Å². The van der Waals surface area contributed by atoms with Gasteiger partial charge < -0.3 is 10.1 Å². The fourth-order valence-corrected chi connectivity index (χ4v) is 2.42. The van der Waals surface area contributed by atoms with Crippen LogP contribution in [0.15, 0.2) is 18.2 Å². The number of ether oxygens (including phenoxy) is 1. The number of hydrogen-bond acceptors (Lipinski definition) is 3. The first-order valence-electron chi connectivity index (χ1n) is 6.56. The van der Waals surface area contributed by atoms with Crippen LogP contribution in [0.1, 0.15) is 37.8 Å². The lowest BCUT2D eigenvalue weighted by atomic mass is 9.94. The Hall–Kier alpha value is -1.44. The molecular formula is C15H19FN2O. The van der Waals surface area contributed by atoms with Crippen LogP contribution in [-0.2, 0) is 11.3 Å². The van der Waals surface area contributed by atoms with E-state index in [-0.39, 0.29) is 11.4 Å². The Morgan fingerprint density at radius 3 is 2.95 bits per heavy atom. The minimum Gasteiger partial charge on any atom is -0.375 e. The molecule has 102 valence electrons. The molecule has 0 spiro atoms. The van der Waals surface area contributed by atoms with Gasteiger partial charge in [0.05, 0.1) is 17.2 Å². The molecule has 1 fully saturated rings. The summed E-state index contributed by atoms with van der Waals surface area (Å²) in [6.07, 6.45) is 1.87. The summed E-state index contributed by atoms with van der Waals surface area (Å²) in [6, 6.07) is 6.88. The SMILES string of the molecule is CC1(C)CC(NCc2ccc(C#N)cc2F)CCO1. The molecule has 1 aromatic carbocycles. The van der Waals surface area contributed by atoms with Gasteiger partial charge >= 0.3 is 0 Å². The summed E-state index contributed by atoms with van der Waals surface area (Å²) < 4.78 is 19.4. The number of benzene rings is 1. The van der Waals surface area contributed by atoms with E-state index in [1.54, 1.807) is 12.1 Å². The van der Waals surface area contributed by atoms with Crippen molar-refractivity contribution in [1.82, 2.24) is 5.32 Å². The fourth-order valence-electron chi connectivity index (χ4n) is 2.42. The number of nitriles is 1. The van der Waals surface area contributed by atoms with Gasteiger partial charge in [0.15, 0.2) is 0 Å². The molecule has 0 radical (unpaired) electrons. The first-order valence-corrected chi connectivity index (χ1v) is 6.56. The maximum atomic E-state index is 13.7. The second-order valence-corrected chi connectivity index (χ2v) is 5.60. The zero-order chi connectivity index (χ0) is 13.9. The highest BCUT2D eigenvalue weighted by molar-refractivity contribution is 5.32. The minimum absolute atomic E-state index is 0.112. The Bertz CT molecular complexity index is 493. The zero-order valence-electron chi connectivity index (χ0n) is 11.4. The van der Waals surface area contributed by atoms with Crippen molar-refractivity contribution in [2.75, 3.05) is 6.61 Å². The summed E-state index contributed by atoms with van der Waals surface area (Å²) in [5.74, 6) is -0.321. The predicted octanol–water partition coefficient (Wildman–Crippen LogP) is 2.74. The molecule has 1 aliphatic rings. The second kappa shape index (κ2) is 5.68. The third-order valence-electron chi connectivity index (χ3n) is 3.46. The topological polar surface area (TPSA) is 45.0 Å². The molecule has 3 nitrogen and oxygen atoms in total. The third kappa shape index (κ3) is 3.76. The van der Waals surface area contributed by atoms with Gasteiger partial charge in [-0.2, -0.15) is 5.26 Å². The molecule has 19 heavy (non-hydrogen) atoms. The van der Waals surface area contributed by atoms with Crippen LogP contribution in [0.5, 0.6) is 0 Å². The highest BCUT2D eigenvalue weighted by Gasteiger charge is 2.28. The lowest BCUT2D eigenvalue weighted by Crippen LogP contribution is -2.43. The molecule has 0 bridgehead atoms. The van der Waals surface area contributed by atoms with Gasteiger partial charge in [-0.25, -0.2) is 4.39 Å². The lowest BCUT2D eigenvalue weighted by molar-refractivity contribution is -0.0630. The number of halogens is 1. The van der Waals surface area contributed by atoms with Crippen molar-refractivity contribution in [2.24, 2.45) is 0 Å². The predicted molar refractivity (Wildman–Crippen MR) is 71.0 cm³/mol. The Kier molecular flexibility index (Phi) is 4.18. The van der Waals surface area contributed by atoms with Gasteiger partial charge in [-0.15, -0.1) is 0 Å². The summed E-state index contributed by atoms with van der Waals surface area (Å²) in [5.41, 5.74) is 0.843. The standard InChI is InChI=1S/C15H19FN2O/c1-15(2)8-13(5-6-19-15)18-10-12-4-3-11(9-17)7-14(12)16/h3-4,7,13,18H,5-6,8,10H2,1-2H3. The van der Waals surface area contributed by atoms with Gasteiger partial charge in [0, 0.05) is 24.8 Å². The molecule has 1 aromatic rings. The van der Waals surface area contributed by atoms with E-state index in [1.165, 1.54) is 6.07 Å². The number of rotatable bonds is 3. The monoisotopic (exact) mass is 262 g/mol. The molecule has 1 aliphatic heterocycles. The molecule has 0 aliphatic carbocycles. The molecule has 0 saturated carbocycles. The molecule has 2 rings (SSSR count). The van der Waals surface area contributed by atoms with Crippen molar-refractivity contribution in [3.63, 3.8) is 0 Å². The normalized spacial score (nSPS) is 21.9. The Morgan fingerprint density at radius 1 is 1.53 bits per heavy atom. The first kappa shape index (κ1) is 14.0. The van der Waals surface area contributed by atoms with Crippen molar-refractivity contribution in [1.29, 1.82) is 5.26 Å². The third-order valence-corrected chi connectivity index (χ3v) is 3.46. The van der Waals surface area contributed by atoms with Gasteiger partial charge in [-0.1, -0.05) is 6.07 Å². The average Bonchev–Trinajstić information content (AvgIpc) is 2.36. The van der Waals surface area contributed by atoms with Gasteiger partial charge in [-0.3, -0.25) is 0 Å². The first-order chi connectivity index (χ1) is 9.00. The van der Waals surface area contributed by atoms with E-state index in [0.717, 1.165) is 19.4 Å². The lowest BCUT2D eigenvalue weighted by Gasteiger charge is -2.36. The van der Waals surface area contributed by atoms with E-state index in [2.05, 4.69) is 19.2 Å². The van der Waals surface area contributed by atoms with E-state index >= 15 is 0 Å². The van der Waals surface area contributed by atoms with Crippen molar-refractivity contribution in [3.05, 3.63) is 35.1 Å². The highest BCUT2D eigenvalue weighted by atomic mass is 19.1. The Labute approximate surface area is 113 Å². The molecular weight excluding hydrogens is 243 g/mol. The number of hydrogen-bond donors (Lipinski definition) is 1. The number of nitrogens with one attached hydrogen (secondary N) is 1. The van der Waals surface area contributed by atoms with Crippen LogP contribution in [0, 0.1) is 17.1 Å². The molecule has 1 N–H and O–H groups in total. The van der Waals surface area contributed by atoms with Gasteiger partial charge in [-0.05, 0) is 38.8 Å². The van der Waals surface area contributed by atoms with Gasteiger partial charge in [0.1, 0.15) is 5.82 Å². The molecule has 0 amide bonds.